The Hall–Kier alpha value is -0.570. The topological polar surface area (TPSA) is 35.5 Å². The first-order chi connectivity index (χ1) is 4.19. The Morgan fingerprint density at radius 3 is 2.33 bits per heavy atom. The quantitative estimate of drug-likeness (QED) is 0.475. The summed E-state index contributed by atoms with van der Waals surface area (Å²) >= 11 is 0. The Balaban J connectivity index is 2.49. The van der Waals surface area contributed by atoms with Crippen LogP contribution >= 0.6 is 0 Å². The van der Waals surface area contributed by atoms with E-state index in [1.165, 1.54) is 7.11 Å². The lowest BCUT2D eigenvalue weighted by Gasteiger charge is -2.34. The lowest BCUT2D eigenvalue weighted by molar-refractivity contribution is -0.179. The standard InChI is InChI=1S/C6H10O3/c1-6(3-9-4-6)5(7)8-2/h3-4H2,1-2H3. The molecule has 0 N–H and O–H groups in total. The van der Waals surface area contributed by atoms with E-state index in [1.807, 2.05) is 6.92 Å². The molecule has 1 rings (SSSR count). The van der Waals surface area contributed by atoms with Gasteiger partial charge in [-0.25, -0.2) is 0 Å². The summed E-state index contributed by atoms with van der Waals surface area (Å²) in [4.78, 5) is 10.8. The van der Waals surface area contributed by atoms with E-state index in [0.29, 0.717) is 13.2 Å². The molecule has 1 heterocycles. The highest BCUT2D eigenvalue weighted by Gasteiger charge is 2.42. The molecule has 1 fully saturated rings. The summed E-state index contributed by atoms with van der Waals surface area (Å²) in [5.74, 6) is -0.172. The highest BCUT2D eigenvalue weighted by atomic mass is 16.5. The van der Waals surface area contributed by atoms with Crippen LogP contribution in [0.2, 0.25) is 0 Å². The molecule has 0 spiro atoms. The van der Waals surface area contributed by atoms with Crippen LogP contribution < -0.4 is 0 Å². The van der Waals surface area contributed by atoms with Gasteiger partial charge in [0.15, 0.2) is 0 Å². The third kappa shape index (κ3) is 0.920. The Bertz CT molecular complexity index is 126. The van der Waals surface area contributed by atoms with Crippen LogP contribution in [-0.2, 0) is 14.3 Å². The van der Waals surface area contributed by atoms with Crippen molar-refractivity contribution in [1.29, 1.82) is 0 Å². The second-order valence-corrected chi connectivity index (χ2v) is 2.55. The summed E-state index contributed by atoms with van der Waals surface area (Å²) in [5, 5.41) is 0. The molecule has 0 unspecified atom stereocenters. The van der Waals surface area contributed by atoms with E-state index >= 15 is 0 Å². The maximum atomic E-state index is 10.8. The molecular weight excluding hydrogens is 120 g/mol. The number of esters is 1. The van der Waals surface area contributed by atoms with Crippen LogP contribution in [-0.4, -0.2) is 26.3 Å². The van der Waals surface area contributed by atoms with Crippen molar-refractivity contribution in [3.63, 3.8) is 0 Å². The molecule has 3 heteroatoms. The lowest BCUT2D eigenvalue weighted by atomic mass is 9.89. The maximum absolute atomic E-state index is 10.8. The van der Waals surface area contributed by atoms with Crippen LogP contribution in [0.25, 0.3) is 0 Å². The summed E-state index contributed by atoms with van der Waals surface area (Å²) in [6.07, 6.45) is 0. The van der Waals surface area contributed by atoms with Gasteiger partial charge in [-0.3, -0.25) is 4.79 Å². The van der Waals surface area contributed by atoms with Gasteiger partial charge in [0.05, 0.1) is 20.3 Å². The van der Waals surface area contributed by atoms with Gasteiger partial charge in [0.2, 0.25) is 0 Å². The van der Waals surface area contributed by atoms with Crippen molar-refractivity contribution >= 4 is 5.97 Å². The molecule has 0 radical (unpaired) electrons. The molecule has 0 aliphatic carbocycles. The summed E-state index contributed by atoms with van der Waals surface area (Å²) < 4.78 is 9.40. The van der Waals surface area contributed by atoms with Gasteiger partial charge in [0.25, 0.3) is 0 Å². The number of hydrogen-bond donors (Lipinski definition) is 0. The van der Waals surface area contributed by atoms with Gasteiger partial charge in [-0.1, -0.05) is 0 Å². The molecule has 0 saturated carbocycles. The van der Waals surface area contributed by atoms with Crippen molar-refractivity contribution in [2.24, 2.45) is 5.41 Å². The van der Waals surface area contributed by atoms with Gasteiger partial charge in [-0.15, -0.1) is 0 Å². The average Bonchev–Trinajstić information content (AvgIpc) is 1.81. The van der Waals surface area contributed by atoms with E-state index in [9.17, 15) is 4.79 Å². The molecule has 0 bridgehead atoms. The zero-order chi connectivity index (χ0) is 6.91. The van der Waals surface area contributed by atoms with Crippen LogP contribution in [0.5, 0.6) is 0 Å². The van der Waals surface area contributed by atoms with Crippen molar-refractivity contribution in [3.8, 4) is 0 Å². The smallest absolute Gasteiger partial charge is 0.316 e. The van der Waals surface area contributed by atoms with Crippen molar-refractivity contribution in [2.75, 3.05) is 20.3 Å². The Kier molecular flexibility index (Phi) is 1.45. The number of carbonyl (C=O) groups is 1. The fourth-order valence-corrected chi connectivity index (χ4v) is 0.772. The van der Waals surface area contributed by atoms with Gasteiger partial charge >= 0.3 is 5.97 Å². The van der Waals surface area contributed by atoms with Crippen molar-refractivity contribution in [3.05, 3.63) is 0 Å². The van der Waals surface area contributed by atoms with Crippen molar-refractivity contribution in [1.82, 2.24) is 0 Å². The van der Waals surface area contributed by atoms with Crippen molar-refractivity contribution in [2.45, 2.75) is 6.92 Å². The third-order valence-electron chi connectivity index (χ3n) is 1.52. The fraction of sp³-hybridized carbons (Fsp3) is 0.833. The molecule has 3 nitrogen and oxygen atoms in total. The molecule has 0 aromatic rings. The highest BCUT2D eigenvalue weighted by Crippen LogP contribution is 2.27. The predicted molar refractivity (Wildman–Crippen MR) is 30.9 cm³/mol. The first kappa shape index (κ1) is 6.55. The molecule has 1 aliphatic heterocycles. The number of carbonyl (C=O) groups excluding carboxylic acids is 1. The van der Waals surface area contributed by atoms with E-state index in [-0.39, 0.29) is 11.4 Å². The van der Waals surface area contributed by atoms with Crippen LogP contribution in [0.1, 0.15) is 6.92 Å². The molecule has 0 amide bonds. The number of methoxy groups -OCH3 is 1. The SMILES string of the molecule is COC(=O)C1(C)COC1. The molecular formula is C6H10O3. The first-order valence-corrected chi connectivity index (χ1v) is 2.85. The summed E-state index contributed by atoms with van der Waals surface area (Å²) in [6, 6.07) is 0. The van der Waals surface area contributed by atoms with Gasteiger partial charge in [-0.2, -0.15) is 0 Å². The van der Waals surface area contributed by atoms with Crippen LogP contribution in [0.3, 0.4) is 0 Å². The molecule has 0 aromatic carbocycles. The van der Waals surface area contributed by atoms with Crippen LogP contribution in [0.15, 0.2) is 0 Å². The largest absolute Gasteiger partial charge is 0.468 e. The summed E-state index contributed by atoms with van der Waals surface area (Å²) in [5.41, 5.74) is -0.352. The van der Waals surface area contributed by atoms with Gasteiger partial charge in [-0.05, 0) is 6.92 Å². The fourth-order valence-electron chi connectivity index (χ4n) is 0.772. The van der Waals surface area contributed by atoms with E-state index in [2.05, 4.69) is 4.74 Å². The molecule has 1 aliphatic rings. The number of rotatable bonds is 1. The number of ether oxygens (including phenoxy) is 2. The first-order valence-electron chi connectivity index (χ1n) is 2.85. The van der Waals surface area contributed by atoms with Crippen molar-refractivity contribution < 1.29 is 14.3 Å². The second kappa shape index (κ2) is 1.99. The summed E-state index contributed by atoms with van der Waals surface area (Å²) in [7, 11) is 1.39. The molecule has 0 atom stereocenters. The lowest BCUT2D eigenvalue weighted by Crippen LogP contribution is -2.47. The minimum absolute atomic E-state index is 0.172. The van der Waals surface area contributed by atoms with E-state index in [1.54, 1.807) is 0 Å². The molecule has 52 valence electrons. The third-order valence-corrected chi connectivity index (χ3v) is 1.52. The van der Waals surface area contributed by atoms with E-state index < -0.39 is 0 Å². The monoisotopic (exact) mass is 130 g/mol. The van der Waals surface area contributed by atoms with E-state index in [0.717, 1.165) is 0 Å². The average molecular weight is 130 g/mol. The van der Waals surface area contributed by atoms with Gasteiger partial charge < -0.3 is 9.47 Å². The highest BCUT2D eigenvalue weighted by molar-refractivity contribution is 5.77. The zero-order valence-electron chi connectivity index (χ0n) is 5.64. The zero-order valence-corrected chi connectivity index (χ0v) is 5.64. The van der Waals surface area contributed by atoms with Gasteiger partial charge in [0, 0.05) is 0 Å². The van der Waals surface area contributed by atoms with Crippen LogP contribution in [0, 0.1) is 5.41 Å². The molecule has 9 heavy (non-hydrogen) atoms. The van der Waals surface area contributed by atoms with Crippen LogP contribution in [0.4, 0.5) is 0 Å². The molecule has 0 aromatic heterocycles. The summed E-state index contributed by atoms with van der Waals surface area (Å²) in [6.45, 7) is 2.84. The Labute approximate surface area is 53.9 Å². The minimum atomic E-state index is -0.352. The second-order valence-electron chi connectivity index (χ2n) is 2.55. The Morgan fingerprint density at radius 2 is 2.22 bits per heavy atom. The number of hydrogen-bond acceptors (Lipinski definition) is 3. The Morgan fingerprint density at radius 1 is 1.67 bits per heavy atom. The normalized spacial score (nSPS) is 22.4. The van der Waals surface area contributed by atoms with Gasteiger partial charge in [0.1, 0.15) is 5.41 Å². The minimum Gasteiger partial charge on any atom is -0.468 e. The maximum Gasteiger partial charge on any atom is 0.316 e. The van der Waals surface area contributed by atoms with E-state index in [4.69, 9.17) is 4.74 Å². The molecule has 1 saturated heterocycles. The predicted octanol–water partition coefficient (Wildman–Crippen LogP) is 0.196.